The number of hydrogen-bond acceptors (Lipinski definition) is 2. The fourth-order valence-electron chi connectivity index (χ4n) is 19.0. The molecule has 0 saturated heterocycles. The molecule has 0 radical (unpaired) electrons. The minimum absolute atomic E-state index is 0.0109. The van der Waals surface area contributed by atoms with E-state index in [9.17, 15) is 11.0 Å². The van der Waals surface area contributed by atoms with Crippen molar-refractivity contribution in [1.29, 1.82) is 0 Å². The Morgan fingerprint density at radius 1 is 0.250 bits per heavy atom. The molecule has 18 aromatic rings. The topological polar surface area (TPSA) is 11.4 Å². The van der Waals surface area contributed by atoms with Crippen LogP contribution in [0.2, 0.25) is 0 Å². The third-order valence-electron chi connectivity index (χ3n) is 23.4. The fraction of sp³-hybridized carbons (Fsp3) is 0.0192. The van der Waals surface area contributed by atoms with Crippen molar-refractivity contribution in [2.45, 2.75) is 10.8 Å². The molecule has 0 bridgehead atoms. The van der Waals surface area contributed by atoms with Crippen LogP contribution in [-0.4, -0.2) is 11.3 Å². The summed E-state index contributed by atoms with van der Waals surface area (Å²) in [6.45, 7) is -0.533. The van der Waals surface area contributed by atoms with Crippen LogP contribution in [0.4, 0.5) is 34.1 Å². The van der Waals surface area contributed by atoms with Gasteiger partial charge in [-0.2, -0.15) is 0 Å². The molecule has 2 aliphatic carbocycles. The summed E-state index contributed by atoms with van der Waals surface area (Å²) in [5.74, 6) is 0. The van der Waals surface area contributed by atoms with Crippen molar-refractivity contribution in [3.63, 3.8) is 0 Å². The smallest absolute Gasteiger partial charge is 0.252 e. The van der Waals surface area contributed by atoms with Gasteiger partial charge in [0.2, 0.25) is 0 Å². The van der Waals surface area contributed by atoms with Gasteiger partial charge in [0.15, 0.2) is 0 Å². The SMILES string of the molecule is [2H]c1c([2H])c([2H])c2c(c1[2H])c1c([2H])c([2H])c([2H])c([2H])c1n2-c1cc2c3c(c1)N(c1cccc4c1-c1cc(-c5ccccc5)ccc1C4(c1ccccc1)c1ccccc1)c1ccc(-c4ccccc4)cc1B3c1cc(-c3ccccc3)ccc1N2c1cccc2c1-c1cc(-c3ccccc3)ccc1C2(c1ccccc1)c1ccccc1. The van der Waals surface area contributed by atoms with Crippen molar-refractivity contribution in [2.24, 2.45) is 0 Å². The summed E-state index contributed by atoms with van der Waals surface area (Å²) in [7, 11) is 0. The Hall–Kier alpha value is -13.8. The standard InChI is InChI=1S/C104H68BN3/c1-9-31-69(32-10-1)73-55-59-86-84(63-73)100-88(103(86,77-39-17-5-18-40-77)78-41-19-6-20-42-78)49-29-53-96(100)107-94-61-57-75(71-35-13-3-14-36-71)65-90(94)105-91-66-76(72-37-15-4-16-38-72)58-62-95(91)108(99-68-81(67-98(107)102(99)105)106-92-51-27-25-47-82(92)83-48-26-28-52-93(83)106)97-54-30-50-89-101(97)85-64-74(70-33-11-2-12-34-70)56-60-87(85)104(89,79-43-21-7-22-44-79)80-45-23-8-24-46-80/h1-68H/i25D,26D,27D,28D,47D,48D,51D,52D. The van der Waals surface area contributed by atoms with E-state index in [1.165, 1.54) is 0 Å². The summed E-state index contributed by atoms with van der Waals surface area (Å²) in [5, 5.41) is -0.0217. The van der Waals surface area contributed by atoms with Crippen LogP contribution in [0.15, 0.2) is 412 Å². The van der Waals surface area contributed by atoms with Gasteiger partial charge in [0.25, 0.3) is 6.71 Å². The van der Waals surface area contributed by atoms with Gasteiger partial charge in [0.05, 0.1) is 49.9 Å². The molecule has 4 heteroatoms. The average molecular weight is 1380 g/mol. The Bertz CT molecular complexity index is 6610. The number of aromatic nitrogens is 1. The number of hydrogen-bond donors (Lipinski definition) is 0. The molecule has 0 N–H and O–H groups in total. The lowest BCUT2D eigenvalue weighted by Gasteiger charge is -2.45. The second-order valence-corrected chi connectivity index (χ2v) is 28.7. The molecule has 0 atom stereocenters. The number of para-hydroxylation sites is 2. The molecule has 17 aromatic carbocycles. The summed E-state index contributed by atoms with van der Waals surface area (Å²) in [6.07, 6.45) is 0. The second kappa shape index (κ2) is 24.4. The first-order valence-corrected chi connectivity index (χ1v) is 37.0. The molecule has 4 aliphatic rings. The summed E-state index contributed by atoms with van der Waals surface area (Å²) >= 11 is 0. The maximum absolute atomic E-state index is 10.2. The van der Waals surface area contributed by atoms with Crippen molar-refractivity contribution in [3.05, 3.63) is 457 Å². The van der Waals surface area contributed by atoms with Gasteiger partial charge in [-0.3, -0.25) is 0 Å². The normalized spacial score (nSPS) is 14.7. The molecule has 502 valence electrons. The van der Waals surface area contributed by atoms with Crippen LogP contribution in [0.5, 0.6) is 0 Å². The quantitative estimate of drug-likeness (QED) is 0.120. The maximum atomic E-state index is 10.2. The molecule has 0 unspecified atom stereocenters. The van der Waals surface area contributed by atoms with E-state index in [1.54, 1.807) is 4.57 Å². The zero-order chi connectivity index (χ0) is 78.0. The molecule has 0 saturated carbocycles. The molecule has 2 aliphatic heterocycles. The average Bonchev–Trinajstić information content (AvgIpc) is 1.50. The minimum Gasteiger partial charge on any atom is -0.311 e. The zero-order valence-electron chi connectivity index (χ0n) is 66.6. The molecule has 1 aromatic heterocycles. The first kappa shape index (κ1) is 53.9. The molecule has 3 nitrogen and oxygen atoms in total. The van der Waals surface area contributed by atoms with Crippen molar-refractivity contribution < 1.29 is 11.0 Å². The number of nitrogens with zero attached hydrogens (tertiary/aromatic N) is 3. The van der Waals surface area contributed by atoms with Gasteiger partial charge in [-0.1, -0.05) is 352 Å². The van der Waals surface area contributed by atoms with Crippen molar-refractivity contribution in [3.8, 4) is 72.4 Å². The van der Waals surface area contributed by atoms with E-state index < -0.39 is 53.8 Å². The highest BCUT2D eigenvalue weighted by Gasteiger charge is 2.52. The molecule has 0 fully saturated rings. The lowest BCUT2D eigenvalue weighted by Crippen LogP contribution is -2.61. The van der Waals surface area contributed by atoms with E-state index in [2.05, 4.69) is 374 Å². The van der Waals surface area contributed by atoms with Gasteiger partial charge < -0.3 is 14.4 Å². The van der Waals surface area contributed by atoms with E-state index >= 15 is 0 Å². The number of anilines is 6. The highest BCUT2D eigenvalue weighted by Crippen LogP contribution is 2.63. The van der Waals surface area contributed by atoms with E-state index in [0.29, 0.717) is 5.69 Å². The zero-order valence-corrected chi connectivity index (χ0v) is 58.6. The van der Waals surface area contributed by atoms with Crippen LogP contribution in [0.25, 0.3) is 94.3 Å². The van der Waals surface area contributed by atoms with E-state index in [-0.39, 0.29) is 33.9 Å². The largest absolute Gasteiger partial charge is 0.311 e. The molecular weight excluding hydrogens is 1300 g/mol. The van der Waals surface area contributed by atoms with Crippen LogP contribution < -0.4 is 26.2 Å². The van der Waals surface area contributed by atoms with E-state index in [4.69, 9.17) is 0 Å². The highest BCUT2D eigenvalue weighted by molar-refractivity contribution is 7.00. The molecule has 0 spiro atoms. The molecule has 0 amide bonds. The van der Waals surface area contributed by atoms with E-state index in [1.807, 2.05) is 0 Å². The predicted molar refractivity (Wildman–Crippen MR) is 451 cm³/mol. The highest BCUT2D eigenvalue weighted by atomic mass is 15.2. The lowest BCUT2D eigenvalue weighted by atomic mass is 9.33. The lowest BCUT2D eigenvalue weighted by molar-refractivity contribution is 0.768. The number of benzene rings is 17. The van der Waals surface area contributed by atoms with Gasteiger partial charge in [0.1, 0.15) is 0 Å². The Morgan fingerprint density at radius 2 is 0.574 bits per heavy atom. The maximum Gasteiger partial charge on any atom is 0.252 e. The first-order valence-electron chi connectivity index (χ1n) is 41.0. The van der Waals surface area contributed by atoms with Gasteiger partial charge in [0, 0.05) is 44.6 Å². The Balaban J connectivity index is 0.941. The Labute approximate surface area is 640 Å². The fourth-order valence-corrected chi connectivity index (χ4v) is 19.0. The van der Waals surface area contributed by atoms with Crippen LogP contribution in [0.1, 0.15) is 55.5 Å². The summed E-state index contributed by atoms with van der Waals surface area (Å²) < 4.78 is 79.8. The van der Waals surface area contributed by atoms with Gasteiger partial charge >= 0.3 is 0 Å². The number of fused-ring (bicyclic) bond motifs is 13. The predicted octanol–water partition coefficient (Wildman–Crippen LogP) is 24.3. The third-order valence-corrected chi connectivity index (χ3v) is 23.4. The van der Waals surface area contributed by atoms with Crippen LogP contribution in [0.3, 0.4) is 0 Å². The van der Waals surface area contributed by atoms with E-state index in [0.717, 1.165) is 162 Å². The monoisotopic (exact) mass is 1380 g/mol. The summed E-state index contributed by atoms with van der Waals surface area (Å²) in [4.78, 5) is 4.89. The third kappa shape index (κ3) is 8.98. The molecule has 22 rings (SSSR count). The van der Waals surface area contributed by atoms with Crippen molar-refractivity contribution >= 4 is 79.0 Å². The Morgan fingerprint density at radius 3 is 0.935 bits per heavy atom. The van der Waals surface area contributed by atoms with Crippen LogP contribution in [0, 0.1) is 0 Å². The number of rotatable bonds is 11. The van der Waals surface area contributed by atoms with Gasteiger partial charge in [-0.15, -0.1) is 0 Å². The Kier molecular flexibility index (Phi) is 12.2. The molecular formula is C104H68BN3. The van der Waals surface area contributed by atoms with Gasteiger partial charge in [-0.25, -0.2) is 0 Å². The van der Waals surface area contributed by atoms with Crippen LogP contribution >= 0.6 is 0 Å². The first-order chi connectivity index (χ1) is 56.9. The molecule has 108 heavy (non-hydrogen) atoms. The minimum atomic E-state index is -0.865. The van der Waals surface area contributed by atoms with Gasteiger partial charge in [-0.05, 0) is 177 Å². The summed E-state index contributed by atoms with van der Waals surface area (Å²) in [6, 6.07) is 128. The van der Waals surface area contributed by atoms with Crippen LogP contribution in [-0.2, 0) is 10.8 Å². The summed E-state index contributed by atoms with van der Waals surface area (Å²) in [5.41, 5.74) is 28.0. The molecule has 3 heterocycles. The van der Waals surface area contributed by atoms with Crippen molar-refractivity contribution in [1.82, 2.24) is 4.57 Å². The van der Waals surface area contributed by atoms with Crippen molar-refractivity contribution in [2.75, 3.05) is 9.80 Å². The second-order valence-electron chi connectivity index (χ2n) is 28.7.